The van der Waals surface area contributed by atoms with E-state index in [0.717, 1.165) is 45.1 Å². The zero-order chi connectivity index (χ0) is 15.1. The number of nitrogens with one attached hydrogen (secondary N) is 2. The van der Waals surface area contributed by atoms with Gasteiger partial charge in [0.1, 0.15) is 0 Å². The molecule has 122 valence electrons. The van der Waals surface area contributed by atoms with E-state index in [9.17, 15) is 0 Å². The Balaban J connectivity index is 1.76. The lowest BCUT2D eigenvalue weighted by molar-refractivity contribution is 0.0675. The van der Waals surface area contributed by atoms with E-state index >= 15 is 0 Å². The van der Waals surface area contributed by atoms with Gasteiger partial charge in [0.05, 0.1) is 0 Å². The number of hydrogen-bond acceptors (Lipinski definition) is 4. The maximum atomic E-state index is 5.41. The van der Waals surface area contributed by atoms with Crippen LogP contribution in [0, 0.1) is 5.92 Å². The number of aliphatic imine (C=N–C) groups is 1. The van der Waals surface area contributed by atoms with Gasteiger partial charge in [-0.3, -0.25) is 4.99 Å². The van der Waals surface area contributed by atoms with Crippen molar-refractivity contribution in [1.82, 2.24) is 15.5 Å². The summed E-state index contributed by atoms with van der Waals surface area (Å²) in [6.07, 6.45) is 3.55. The van der Waals surface area contributed by atoms with E-state index in [-0.39, 0.29) is 5.54 Å². The molecule has 0 aromatic rings. The molecule has 0 amide bonds. The van der Waals surface area contributed by atoms with Crippen molar-refractivity contribution in [3.8, 4) is 0 Å². The SMILES string of the molecule is CN=C(NCC1CCOCC1)NCC1(N(C)C)CCSC1. The van der Waals surface area contributed by atoms with Crippen LogP contribution in [0.4, 0.5) is 0 Å². The molecule has 0 bridgehead atoms. The summed E-state index contributed by atoms with van der Waals surface area (Å²) < 4.78 is 5.41. The van der Waals surface area contributed by atoms with Crippen molar-refractivity contribution >= 4 is 17.7 Å². The van der Waals surface area contributed by atoms with Crippen molar-refractivity contribution in [2.24, 2.45) is 10.9 Å². The lowest BCUT2D eigenvalue weighted by Crippen LogP contribution is -2.55. The summed E-state index contributed by atoms with van der Waals surface area (Å²) in [7, 11) is 6.22. The third-order valence-corrected chi connectivity index (χ3v) is 5.97. The van der Waals surface area contributed by atoms with Crippen molar-refractivity contribution in [2.75, 3.05) is 59.0 Å². The molecule has 5 nitrogen and oxygen atoms in total. The number of guanidine groups is 1. The van der Waals surface area contributed by atoms with Crippen molar-refractivity contribution in [3.63, 3.8) is 0 Å². The molecule has 2 aliphatic heterocycles. The number of nitrogens with zero attached hydrogens (tertiary/aromatic N) is 2. The molecular weight excluding hydrogens is 284 g/mol. The summed E-state index contributed by atoms with van der Waals surface area (Å²) >= 11 is 2.05. The minimum absolute atomic E-state index is 0.265. The summed E-state index contributed by atoms with van der Waals surface area (Å²) in [5.74, 6) is 4.10. The van der Waals surface area contributed by atoms with Crippen LogP contribution in [-0.2, 0) is 4.74 Å². The third kappa shape index (κ3) is 4.76. The number of thioether (sulfide) groups is 1. The van der Waals surface area contributed by atoms with Crippen LogP contribution in [0.5, 0.6) is 0 Å². The Morgan fingerprint density at radius 1 is 1.33 bits per heavy atom. The van der Waals surface area contributed by atoms with Gasteiger partial charge in [0, 0.05) is 44.6 Å². The summed E-state index contributed by atoms with van der Waals surface area (Å²) in [4.78, 5) is 6.73. The first-order chi connectivity index (χ1) is 10.2. The van der Waals surface area contributed by atoms with Crippen LogP contribution >= 0.6 is 11.8 Å². The zero-order valence-electron chi connectivity index (χ0n) is 13.7. The van der Waals surface area contributed by atoms with E-state index in [1.807, 2.05) is 18.8 Å². The molecule has 2 saturated heterocycles. The van der Waals surface area contributed by atoms with Gasteiger partial charge in [-0.1, -0.05) is 0 Å². The van der Waals surface area contributed by atoms with E-state index < -0.39 is 0 Å². The van der Waals surface area contributed by atoms with Crippen LogP contribution in [0.15, 0.2) is 4.99 Å². The van der Waals surface area contributed by atoms with Crippen molar-refractivity contribution in [3.05, 3.63) is 0 Å². The third-order valence-electron chi connectivity index (χ3n) is 4.74. The summed E-state index contributed by atoms with van der Waals surface area (Å²) in [5, 5.41) is 7.00. The van der Waals surface area contributed by atoms with Gasteiger partial charge in [-0.25, -0.2) is 0 Å². The molecule has 21 heavy (non-hydrogen) atoms. The number of likely N-dealkylation sites (N-methyl/N-ethyl adjacent to an activating group) is 1. The smallest absolute Gasteiger partial charge is 0.191 e. The topological polar surface area (TPSA) is 48.9 Å². The first-order valence-corrected chi connectivity index (χ1v) is 9.09. The number of hydrogen-bond donors (Lipinski definition) is 2. The molecule has 2 N–H and O–H groups in total. The van der Waals surface area contributed by atoms with Gasteiger partial charge in [-0.15, -0.1) is 0 Å². The second kappa shape index (κ2) is 8.25. The van der Waals surface area contributed by atoms with Crippen LogP contribution in [0.3, 0.4) is 0 Å². The summed E-state index contributed by atoms with van der Waals surface area (Å²) in [6.45, 7) is 3.76. The van der Waals surface area contributed by atoms with Crippen LogP contribution in [-0.4, -0.2) is 75.4 Å². The first kappa shape index (κ1) is 16.9. The predicted octanol–water partition coefficient (Wildman–Crippen LogP) is 1.02. The number of ether oxygens (including phenoxy) is 1. The van der Waals surface area contributed by atoms with E-state index in [1.165, 1.54) is 17.9 Å². The average Bonchev–Trinajstić information content (AvgIpc) is 2.99. The monoisotopic (exact) mass is 314 g/mol. The van der Waals surface area contributed by atoms with Crippen molar-refractivity contribution in [1.29, 1.82) is 0 Å². The first-order valence-electron chi connectivity index (χ1n) is 7.94. The lowest BCUT2D eigenvalue weighted by Gasteiger charge is -2.36. The van der Waals surface area contributed by atoms with E-state index in [2.05, 4.69) is 34.6 Å². The number of rotatable bonds is 5. The highest BCUT2D eigenvalue weighted by Gasteiger charge is 2.36. The highest BCUT2D eigenvalue weighted by Crippen LogP contribution is 2.31. The standard InChI is InChI=1S/C15H30N4OS/c1-16-14(17-10-13-4-7-20-8-5-13)18-11-15(19(2)3)6-9-21-12-15/h13H,4-12H2,1-3H3,(H2,16,17,18). The molecule has 0 radical (unpaired) electrons. The highest BCUT2D eigenvalue weighted by molar-refractivity contribution is 7.99. The molecule has 2 heterocycles. The highest BCUT2D eigenvalue weighted by atomic mass is 32.2. The summed E-state index contributed by atoms with van der Waals surface area (Å²) in [6, 6.07) is 0. The van der Waals surface area contributed by atoms with Crippen molar-refractivity contribution < 1.29 is 4.74 Å². The average molecular weight is 314 g/mol. The maximum Gasteiger partial charge on any atom is 0.191 e. The van der Waals surface area contributed by atoms with Gasteiger partial charge >= 0.3 is 0 Å². The Bertz CT molecular complexity index is 337. The maximum absolute atomic E-state index is 5.41. The normalized spacial score (nSPS) is 28.1. The van der Waals surface area contributed by atoms with Gasteiger partial charge in [-0.2, -0.15) is 11.8 Å². The van der Waals surface area contributed by atoms with E-state index in [1.54, 1.807) is 0 Å². The van der Waals surface area contributed by atoms with Gasteiger partial charge in [-0.05, 0) is 45.0 Å². The van der Waals surface area contributed by atoms with Gasteiger partial charge in [0.25, 0.3) is 0 Å². The molecular formula is C15H30N4OS. The van der Waals surface area contributed by atoms with Crippen LogP contribution < -0.4 is 10.6 Å². The molecule has 2 aliphatic rings. The molecule has 6 heteroatoms. The molecule has 0 saturated carbocycles. The Labute approximate surface area is 133 Å². The Hall–Kier alpha value is -0.460. The molecule has 0 aromatic heterocycles. The molecule has 2 rings (SSSR count). The second-order valence-corrected chi connectivity index (χ2v) is 7.39. The van der Waals surface area contributed by atoms with Gasteiger partial charge in [0.2, 0.25) is 0 Å². The second-order valence-electron chi connectivity index (χ2n) is 6.28. The fourth-order valence-electron chi connectivity index (χ4n) is 2.91. The zero-order valence-corrected chi connectivity index (χ0v) is 14.5. The van der Waals surface area contributed by atoms with Gasteiger partial charge in [0.15, 0.2) is 5.96 Å². The van der Waals surface area contributed by atoms with Gasteiger partial charge < -0.3 is 20.3 Å². The Morgan fingerprint density at radius 2 is 2.10 bits per heavy atom. The largest absolute Gasteiger partial charge is 0.381 e. The molecule has 0 aromatic carbocycles. The van der Waals surface area contributed by atoms with E-state index in [0.29, 0.717) is 5.92 Å². The lowest BCUT2D eigenvalue weighted by atomic mass is 9.97. The van der Waals surface area contributed by atoms with Crippen LogP contribution in [0.2, 0.25) is 0 Å². The quantitative estimate of drug-likeness (QED) is 0.586. The molecule has 2 fully saturated rings. The molecule has 1 atom stereocenters. The predicted molar refractivity (Wildman–Crippen MR) is 91.3 cm³/mol. The summed E-state index contributed by atoms with van der Waals surface area (Å²) in [5.41, 5.74) is 0.265. The Morgan fingerprint density at radius 3 is 2.67 bits per heavy atom. The van der Waals surface area contributed by atoms with Crippen molar-refractivity contribution in [2.45, 2.75) is 24.8 Å². The molecule has 0 spiro atoms. The minimum Gasteiger partial charge on any atom is -0.381 e. The molecule has 0 aliphatic carbocycles. The Kier molecular flexibility index (Phi) is 6.64. The molecule has 1 unspecified atom stereocenters. The van der Waals surface area contributed by atoms with Crippen LogP contribution in [0.25, 0.3) is 0 Å². The fraction of sp³-hybridized carbons (Fsp3) is 0.933. The minimum atomic E-state index is 0.265. The van der Waals surface area contributed by atoms with E-state index in [4.69, 9.17) is 4.74 Å². The fourth-order valence-corrected chi connectivity index (χ4v) is 4.46. The van der Waals surface area contributed by atoms with Crippen LogP contribution in [0.1, 0.15) is 19.3 Å².